The summed E-state index contributed by atoms with van der Waals surface area (Å²) in [6.07, 6.45) is 0.658. The van der Waals surface area contributed by atoms with Crippen LogP contribution in [0.2, 0.25) is 0 Å². The summed E-state index contributed by atoms with van der Waals surface area (Å²) in [5.41, 5.74) is 0.862. The second-order valence-electron chi connectivity index (χ2n) is 2.66. The third-order valence-corrected chi connectivity index (χ3v) is 2.70. The van der Waals surface area contributed by atoms with Crippen LogP contribution in [0.4, 0.5) is 0 Å². The van der Waals surface area contributed by atoms with Crippen molar-refractivity contribution < 1.29 is 14.7 Å². The van der Waals surface area contributed by atoms with Gasteiger partial charge in [0, 0.05) is 0 Å². The van der Waals surface area contributed by atoms with Gasteiger partial charge in [-0.3, -0.25) is 4.79 Å². The molecule has 0 amide bonds. The number of carbonyl (C=O) groups excluding carboxylic acids is 1. The molecule has 2 aromatic rings. The second kappa shape index (κ2) is 3.19. The van der Waals surface area contributed by atoms with Gasteiger partial charge in [0.05, 0.1) is 15.8 Å². The fourth-order valence-electron chi connectivity index (χ4n) is 1.13. The highest BCUT2D eigenvalue weighted by Crippen LogP contribution is 2.22. The molecule has 1 N–H and O–H groups in total. The fourth-order valence-corrected chi connectivity index (χ4v) is 1.95. The molecule has 0 saturated heterocycles. The van der Waals surface area contributed by atoms with Crippen LogP contribution in [0.15, 0.2) is 18.2 Å². The molecular weight excluding hydrogens is 202 g/mol. The molecule has 1 aromatic carbocycles. The van der Waals surface area contributed by atoms with Crippen LogP contribution >= 0.6 is 11.3 Å². The first-order valence-corrected chi connectivity index (χ1v) is 4.61. The molecule has 0 bridgehead atoms. The van der Waals surface area contributed by atoms with Gasteiger partial charge in [-0.2, -0.15) is 0 Å². The SMILES string of the molecule is O=Cc1nc2ccc(C(=O)O)cc2s1. The van der Waals surface area contributed by atoms with Crippen LogP contribution < -0.4 is 0 Å². The highest BCUT2D eigenvalue weighted by molar-refractivity contribution is 7.20. The molecule has 0 fully saturated rings. The number of carboxylic acid groups (broad SMARTS) is 1. The minimum atomic E-state index is -0.979. The molecule has 0 aliphatic rings. The van der Waals surface area contributed by atoms with Crippen LogP contribution in [0.1, 0.15) is 20.2 Å². The van der Waals surface area contributed by atoms with Crippen LogP contribution in [0, 0.1) is 0 Å². The van der Waals surface area contributed by atoms with Gasteiger partial charge in [0.2, 0.25) is 0 Å². The van der Waals surface area contributed by atoms with Crippen molar-refractivity contribution in [2.45, 2.75) is 0 Å². The summed E-state index contributed by atoms with van der Waals surface area (Å²) in [6.45, 7) is 0. The third-order valence-electron chi connectivity index (χ3n) is 1.75. The minimum Gasteiger partial charge on any atom is -0.478 e. The van der Waals surface area contributed by atoms with Gasteiger partial charge in [0.1, 0.15) is 0 Å². The smallest absolute Gasteiger partial charge is 0.335 e. The molecule has 5 heteroatoms. The Balaban J connectivity index is 2.65. The molecule has 0 unspecified atom stereocenters. The summed E-state index contributed by atoms with van der Waals surface area (Å²) in [5, 5.41) is 9.09. The number of rotatable bonds is 2. The van der Waals surface area contributed by atoms with Crippen LogP contribution in [-0.2, 0) is 0 Å². The number of aromatic nitrogens is 1. The van der Waals surface area contributed by atoms with E-state index in [0.29, 0.717) is 21.5 Å². The molecule has 0 saturated carbocycles. The number of thiazole rings is 1. The maximum atomic E-state index is 10.6. The lowest BCUT2D eigenvalue weighted by atomic mass is 10.2. The summed E-state index contributed by atoms with van der Waals surface area (Å²) >= 11 is 1.19. The van der Waals surface area contributed by atoms with Crippen molar-refractivity contribution >= 4 is 33.8 Å². The van der Waals surface area contributed by atoms with Crippen LogP contribution in [-0.4, -0.2) is 22.3 Å². The maximum Gasteiger partial charge on any atom is 0.335 e. The Morgan fingerprint density at radius 3 is 2.93 bits per heavy atom. The van der Waals surface area contributed by atoms with Crippen LogP contribution in [0.5, 0.6) is 0 Å². The van der Waals surface area contributed by atoms with Gasteiger partial charge < -0.3 is 5.11 Å². The predicted octanol–water partition coefficient (Wildman–Crippen LogP) is 1.81. The molecule has 1 heterocycles. The number of benzene rings is 1. The Bertz CT molecular complexity index is 518. The van der Waals surface area contributed by atoms with E-state index in [4.69, 9.17) is 5.11 Å². The van der Waals surface area contributed by atoms with Gasteiger partial charge in [-0.1, -0.05) is 0 Å². The van der Waals surface area contributed by atoms with E-state index < -0.39 is 5.97 Å². The molecule has 70 valence electrons. The number of hydrogen-bond acceptors (Lipinski definition) is 4. The second-order valence-corrected chi connectivity index (χ2v) is 3.72. The molecule has 0 spiro atoms. The molecule has 4 nitrogen and oxygen atoms in total. The molecule has 0 aliphatic heterocycles. The lowest BCUT2D eigenvalue weighted by Gasteiger charge is -1.91. The van der Waals surface area contributed by atoms with Gasteiger partial charge in [-0.25, -0.2) is 9.78 Å². The number of fused-ring (bicyclic) bond motifs is 1. The standard InChI is InChI=1S/C9H5NO3S/c11-4-8-10-6-2-1-5(9(12)13)3-7(6)14-8/h1-4H,(H,12,13). The Morgan fingerprint density at radius 1 is 1.50 bits per heavy atom. The average Bonchev–Trinajstić information content (AvgIpc) is 2.58. The Morgan fingerprint density at radius 2 is 2.29 bits per heavy atom. The molecule has 0 radical (unpaired) electrons. The number of carboxylic acids is 1. The van der Waals surface area contributed by atoms with E-state index in [0.717, 1.165) is 0 Å². The van der Waals surface area contributed by atoms with Crippen molar-refractivity contribution in [1.29, 1.82) is 0 Å². The van der Waals surface area contributed by atoms with Gasteiger partial charge in [-0.15, -0.1) is 11.3 Å². The first-order valence-electron chi connectivity index (χ1n) is 3.80. The third kappa shape index (κ3) is 1.38. The summed E-state index contributed by atoms with van der Waals surface area (Å²) in [5.74, 6) is -0.979. The van der Waals surface area contributed by atoms with E-state index in [1.54, 1.807) is 6.07 Å². The summed E-state index contributed by atoms with van der Waals surface area (Å²) < 4.78 is 0.715. The Labute approximate surface area is 82.8 Å². The van der Waals surface area contributed by atoms with E-state index in [-0.39, 0.29) is 5.56 Å². The zero-order valence-corrected chi connectivity index (χ0v) is 7.75. The van der Waals surface area contributed by atoms with Crippen molar-refractivity contribution in [1.82, 2.24) is 4.98 Å². The number of aromatic carboxylic acids is 1. The summed E-state index contributed by atoms with van der Waals surface area (Å²) in [7, 11) is 0. The lowest BCUT2D eigenvalue weighted by Crippen LogP contribution is -1.94. The molecule has 14 heavy (non-hydrogen) atoms. The van der Waals surface area contributed by atoms with E-state index in [1.165, 1.54) is 23.5 Å². The van der Waals surface area contributed by atoms with Crippen LogP contribution in [0.25, 0.3) is 10.2 Å². The molecule has 1 aromatic heterocycles. The first kappa shape index (κ1) is 8.83. The summed E-state index contributed by atoms with van der Waals surface area (Å²) in [6, 6.07) is 4.59. The molecule has 0 atom stereocenters. The van der Waals surface area contributed by atoms with Crippen LogP contribution in [0.3, 0.4) is 0 Å². The normalized spacial score (nSPS) is 10.3. The monoisotopic (exact) mass is 207 g/mol. The fraction of sp³-hybridized carbons (Fsp3) is 0. The van der Waals surface area contributed by atoms with E-state index >= 15 is 0 Å². The van der Waals surface area contributed by atoms with Crippen molar-refractivity contribution in [3.63, 3.8) is 0 Å². The van der Waals surface area contributed by atoms with Gasteiger partial charge in [0.25, 0.3) is 0 Å². The number of hydrogen-bond donors (Lipinski definition) is 1. The Hall–Kier alpha value is -1.75. The molecule has 2 rings (SSSR count). The quantitative estimate of drug-likeness (QED) is 0.762. The topological polar surface area (TPSA) is 67.3 Å². The minimum absolute atomic E-state index is 0.207. The summed E-state index contributed by atoms with van der Waals surface area (Å²) in [4.78, 5) is 25.1. The van der Waals surface area contributed by atoms with Crippen molar-refractivity contribution in [2.75, 3.05) is 0 Å². The van der Waals surface area contributed by atoms with E-state index in [1.807, 2.05) is 0 Å². The van der Waals surface area contributed by atoms with Gasteiger partial charge in [0.15, 0.2) is 11.3 Å². The first-order chi connectivity index (χ1) is 6.70. The van der Waals surface area contributed by atoms with Crippen molar-refractivity contribution in [3.05, 3.63) is 28.8 Å². The lowest BCUT2D eigenvalue weighted by molar-refractivity contribution is 0.0697. The van der Waals surface area contributed by atoms with E-state index in [9.17, 15) is 9.59 Å². The zero-order valence-electron chi connectivity index (χ0n) is 6.93. The zero-order chi connectivity index (χ0) is 10.1. The van der Waals surface area contributed by atoms with Crippen molar-refractivity contribution in [3.8, 4) is 0 Å². The van der Waals surface area contributed by atoms with Gasteiger partial charge >= 0.3 is 5.97 Å². The molecule has 0 aliphatic carbocycles. The Kier molecular flexibility index (Phi) is 2.01. The number of carbonyl (C=O) groups is 2. The van der Waals surface area contributed by atoms with E-state index in [2.05, 4.69) is 4.98 Å². The highest BCUT2D eigenvalue weighted by Gasteiger charge is 2.07. The van der Waals surface area contributed by atoms with Gasteiger partial charge in [-0.05, 0) is 18.2 Å². The number of aldehydes is 1. The average molecular weight is 207 g/mol. The maximum absolute atomic E-state index is 10.6. The predicted molar refractivity (Wildman–Crippen MR) is 52.0 cm³/mol. The molecular formula is C9H5NO3S. The number of nitrogens with zero attached hydrogens (tertiary/aromatic N) is 1. The highest BCUT2D eigenvalue weighted by atomic mass is 32.1. The van der Waals surface area contributed by atoms with Crippen molar-refractivity contribution in [2.24, 2.45) is 0 Å². The largest absolute Gasteiger partial charge is 0.478 e.